The van der Waals surface area contributed by atoms with Crippen LogP contribution in [-0.2, 0) is 6.54 Å². The molecule has 0 bridgehead atoms. The quantitative estimate of drug-likeness (QED) is 0.657. The second-order valence-electron chi connectivity index (χ2n) is 5.18. The van der Waals surface area contributed by atoms with Crippen molar-refractivity contribution in [2.24, 2.45) is 0 Å². The van der Waals surface area contributed by atoms with Crippen LogP contribution in [0.5, 0.6) is 0 Å². The van der Waals surface area contributed by atoms with Crippen LogP contribution in [0.1, 0.15) is 34.7 Å². The van der Waals surface area contributed by atoms with E-state index in [-0.39, 0.29) is 17.9 Å². The SMILES string of the molecule is O=C(NCCn1cc(Cl)cn1)c1cc2nc(C(F)F)cc(C(F)F)n2n1. The number of rotatable bonds is 6. The number of hydrogen-bond donors (Lipinski definition) is 1. The first-order valence-electron chi connectivity index (χ1n) is 7.28. The average Bonchev–Trinajstić information content (AvgIpc) is 3.19. The highest BCUT2D eigenvalue weighted by Gasteiger charge is 2.21. The molecule has 0 spiro atoms. The molecular formula is C14H11ClF4N6O. The van der Waals surface area contributed by atoms with E-state index >= 15 is 0 Å². The largest absolute Gasteiger partial charge is 0.349 e. The second-order valence-corrected chi connectivity index (χ2v) is 5.62. The van der Waals surface area contributed by atoms with Crippen LogP contribution in [-0.4, -0.2) is 36.8 Å². The third-order valence-corrected chi connectivity index (χ3v) is 3.58. The first kappa shape index (κ1) is 18.1. The van der Waals surface area contributed by atoms with E-state index in [1.165, 1.54) is 10.9 Å². The molecule has 3 rings (SSSR count). The van der Waals surface area contributed by atoms with Gasteiger partial charge in [-0.1, -0.05) is 11.6 Å². The van der Waals surface area contributed by atoms with Gasteiger partial charge >= 0.3 is 0 Å². The van der Waals surface area contributed by atoms with Gasteiger partial charge in [0.2, 0.25) is 0 Å². The smallest absolute Gasteiger partial charge is 0.280 e. The number of fused-ring (bicyclic) bond motifs is 1. The van der Waals surface area contributed by atoms with Gasteiger partial charge in [0.15, 0.2) is 11.3 Å². The molecule has 0 saturated heterocycles. The molecule has 0 aliphatic rings. The molecule has 1 N–H and O–H groups in total. The Morgan fingerprint density at radius 2 is 2.00 bits per heavy atom. The molecule has 0 unspecified atom stereocenters. The summed E-state index contributed by atoms with van der Waals surface area (Å²) in [7, 11) is 0. The van der Waals surface area contributed by atoms with Crippen molar-refractivity contribution < 1.29 is 22.4 Å². The molecule has 0 saturated carbocycles. The van der Waals surface area contributed by atoms with Gasteiger partial charge in [-0.25, -0.2) is 27.1 Å². The Labute approximate surface area is 148 Å². The van der Waals surface area contributed by atoms with Gasteiger partial charge in [-0.05, 0) is 6.07 Å². The van der Waals surface area contributed by atoms with Gasteiger partial charge in [0.1, 0.15) is 11.4 Å². The summed E-state index contributed by atoms with van der Waals surface area (Å²) in [6.45, 7) is 0.490. The van der Waals surface area contributed by atoms with E-state index in [2.05, 4.69) is 20.5 Å². The minimum absolute atomic E-state index is 0.169. The Morgan fingerprint density at radius 3 is 2.62 bits per heavy atom. The third kappa shape index (κ3) is 3.77. The number of nitrogens with zero attached hydrogens (tertiary/aromatic N) is 5. The molecule has 0 aliphatic carbocycles. The lowest BCUT2D eigenvalue weighted by molar-refractivity contribution is 0.0945. The van der Waals surface area contributed by atoms with Crippen LogP contribution in [0.25, 0.3) is 5.65 Å². The number of halogens is 5. The zero-order chi connectivity index (χ0) is 18.8. The lowest BCUT2D eigenvalue weighted by Crippen LogP contribution is -2.27. The van der Waals surface area contributed by atoms with E-state index in [9.17, 15) is 22.4 Å². The standard InChI is InChI=1S/C14H11ClF4N6O/c15-7-5-21-24(6-7)2-1-20-14(26)9-4-11-22-8(12(16)17)3-10(13(18)19)25(11)23-9/h3-6,12-13H,1-2H2,(H,20,26). The summed E-state index contributed by atoms with van der Waals surface area (Å²) >= 11 is 5.71. The highest BCUT2D eigenvalue weighted by Crippen LogP contribution is 2.25. The minimum atomic E-state index is -3.06. The maximum atomic E-state index is 13.1. The molecule has 1 amide bonds. The molecule has 0 aromatic carbocycles. The van der Waals surface area contributed by atoms with Gasteiger partial charge in [0, 0.05) is 18.8 Å². The summed E-state index contributed by atoms with van der Waals surface area (Å²) in [4.78, 5) is 15.7. The first-order valence-corrected chi connectivity index (χ1v) is 7.66. The Hall–Kier alpha value is -2.69. The Bertz CT molecular complexity index is 941. The molecule has 0 atom stereocenters. The van der Waals surface area contributed by atoms with Crippen LogP contribution >= 0.6 is 11.6 Å². The summed E-state index contributed by atoms with van der Waals surface area (Å²) in [6.07, 6.45) is -3.09. The highest BCUT2D eigenvalue weighted by molar-refractivity contribution is 6.30. The average molecular weight is 391 g/mol. The van der Waals surface area contributed by atoms with Crippen molar-refractivity contribution in [1.82, 2.24) is 29.7 Å². The number of carbonyl (C=O) groups excluding carboxylic acids is 1. The van der Waals surface area contributed by atoms with Crippen LogP contribution in [0, 0.1) is 0 Å². The van der Waals surface area contributed by atoms with Gasteiger partial charge in [-0.15, -0.1) is 0 Å². The summed E-state index contributed by atoms with van der Waals surface area (Å²) in [5, 5.41) is 10.6. The summed E-state index contributed by atoms with van der Waals surface area (Å²) in [5.74, 6) is -0.660. The van der Waals surface area contributed by atoms with Gasteiger partial charge < -0.3 is 5.32 Å². The molecular weight excluding hydrogens is 380 g/mol. The van der Waals surface area contributed by atoms with Crippen molar-refractivity contribution in [1.29, 1.82) is 0 Å². The molecule has 3 heterocycles. The zero-order valence-corrected chi connectivity index (χ0v) is 13.7. The van der Waals surface area contributed by atoms with E-state index < -0.39 is 30.1 Å². The summed E-state index contributed by atoms with van der Waals surface area (Å²) < 4.78 is 54.0. The molecule has 7 nitrogen and oxygen atoms in total. The van der Waals surface area contributed by atoms with Gasteiger partial charge in [-0.3, -0.25) is 9.48 Å². The molecule has 3 aromatic rings. The van der Waals surface area contributed by atoms with Crippen LogP contribution in [0.15, 0.2) is 24.5 Å². The van der Waals surface area contributed by atoms with Gasteiger partial charge in [0.25, 0.3) is 18.8 Å². The Balaban J connectivity index is 1.79. The van der Waals surface area contributed by atoms with Crippen molar-refractivity contribution in [3.8, 4) is 0 Å². The van der Waals surface area contributed by atoms with Crippen molar-refractivity contribution in [3.63, 3.8) is 0 Å². The van der Waals surface area contributed by atoms with Crippen LogP contribution in [0.2, 0.25) is 5.02 Å². The minimum Gasteiger partial charge on any atom is -0.349 e. The fraction of sp³-hybridized carbons (Fsp3) is 0.286. The predicted octanol–water partition coefficient (Wildman–Crippen LogP) is 2.88. The van der Waals surface area contributed by atoms with Crippen LogP contribution < -0.4 is 5.32 Å². The number of carbonyl (C=O) groups is 1. The van der Waals surface area contributed by atoms with Crippen molar-refractivity contribution in [2.45, 2.75) is 19.4 Å². The second kappa shape index (κ2) is 7.28. The number of nitrogens with one attached hydrogen (secondary N) is 1. The number of amides is 1. The third-order valence-electron chi connectivity index (χ3n) is 3.38. The number of aromatic nitrogens is 5. The van der Waals surface area contributed by atoms with Gasteiger partial charge in [-0.2, -0.15) is 10.2 Å². The van der Waals surface area contributed by atoms with E-state index in [1.54, 1.807) is 6.20 Å². The summed E-state index contributed by atoms with van der Waals surface area (Å²) in [5.41, 5.74) is -2.06. The van der Waals surface area contributed by atoms with Crippen LogP contribution in [0.3, 0.4) is 0 Å². The fourth-order valence-electron chi connectivity index (χ4n) is 2.23. The fourth-order valence-corrected chi connectivity index (χ4v) is 2.39. The summed E-state index contributed by atoms with van der Waals surface area (Å²) in [6, 6.07) is 1.64. The van der Waals surface area contributed by atoms with Crippen molar-refractivity contribution >= 4 is 23.2 Å². The number of alkyl halides is 4. The normalized spacial score (nSPS) is 11.7. The van der Waals surface area contributed by atoms with Crippen molar-refractivity contribution in [3.05, 3.63) is 46.6 Å². The first-order chi connectivity index (χ1) is 12.3. The van der Waals surface area contributed by atoms with E-state index in [0.717, 1.165) is 6.07 Å². The maximum Gasteiger partial charge on any atom is 0.280 e. The lowest BCUT2D eigenvalue weighted by atomic mass is 10.3. The highest BCUT2D eigenvalue weighted by atomic mass is 35.5. The monoisotopic (exact) mass is 390 g/mol. The molecule has 0 radical (unpaired) electrons. The maximum absolute atomic E-state index is 13.1. The lowest BCUT2D eigenvalue weighted by Gasteiger charge is -2.06. The molecule has 0 aliphatic heterocycles. The number of hydrogen-bond acceptors (Lipinski definition) is 4. The Kier molecular flexibility index (Phi) is 5.07. The van der Waals surface area contributed by atoms with Crippen molar-refractivity contribution in [2.75, 3.05) is 6.54 Å². The zero-order valence-electron chi connectivity index (χ0n) is 12.9. The Morgan fingerprint density at radius 1 is 1.23 bits per heavy atom. The van der Waals surface area contributed by atoms with E-state index in [1.807, 2.05) is 0 Å². The molecule has 26 heavy (non-hydrogen) atoms. The van der Waals surface area contributed by atoms with E-state index in [4.69, 9.17) is 11.6 Å². The molecule has 0 fully saturated rings. The molecule has 3 aromatic heterocycles. The topological polar surface area (TPSA) is 77.1 Å². The molecule has 138 valence electrons. The predicted molar refractivity (Wildman–Crippen MR) is 82.5 cm³/mol. The van der Waals surface area contributed by atoms with Gasteiger partial charge in [0.05, 0.1) is 17.8 Å². The van der Waals surface area contributed by atoms with E-state index in [0.29, 0.717) is 22.1 Å². The molecule has 12 heteroatoms. The van der Waals surface area contributed by atoms with Crippen LogP contribution in [0.4, 0.5) is 17.6 Å².